The molecule has 6 rings (SSSR count). The summed E-state index contributed by atoms with van der Waals surface area (Å²) < 4.78 is 18.9. The lowest BCUT2D eigenvalue weighted by Gasteiger charge is -2.21. The minimum absolute atomic E-state index is 0.258. The van der Waals surface area contributed by atoms with Crippen molar-refractivity contribution in [2.45, 2.75) is 6.42 Å². The molecule has 0 radical (unpaired) electrons. The van der Waals surface area contributed by atoms with Crippen LogP contribution in [0.2, 0.25) is 0 Å². The molecule has 166 valence electrons. The Balaban J connectivity index is 1.56. The van der Waals surface area contributed by atoms with Crippen LogP contribution in [0.25, 0.3) is 33.5 Å². The number of hydrogen-bond donors (Lipinski definition) is 0. The van der Waals surface area contributed by atoms with E-state index in [-0.39, 0.29) is 5.82 Å². The monoisotopic (exact) mass is 449 g/mol. The summed E-state index contributed by atoms with van der Waals surface area (Å²) in [7, 11) is 1.68. The normalized spacial score (nSPS) is 12.7. The quantitative estimate of drug-likeness (QED) is 0.356. The first-order valence-corrected chi connectivity index (χ1v) is 11.0. The highest BCUT2D eigenvalue weighted by Crippen LogP contribution is 2.40. The number of nitrogens with zero attached hydrogens (tertiary/aromatic N) is 5. The molecule has 34 heavy (non-hydrogen) atoms. The first kappa shape index (κ1) is 20.2. The van der Waals surface area contributed by atoms with Crippen LogP contribution in [-0.4, -0.2) is 33.6 Å². The zero-order chi connectivity index (χ0) is 23.1. The van der Waals surface area contributed by atoms with Gasteiger partial charge in [-0.15, -0.1) is 0 Å². The molecular formula is C27H20FN5O. The molecule has 0 fully saturated rings. The number of hydrogen-bond acceptors (Lipinski definition) is 6. The number of ether oxygens (including phenoxy) is 1. The van der Waals surface area contributed by atoms with E-state index in [1.165, 1.54) is 17.7 Å². The van der Waals surface area contributed by atoms with Gasteiger partial charge in [0, 0.05) is 30.0 Å². The van der Waals surface area contributed by atoms with Crippen LogP contribution in [0, 0.1) is 5.82 Å². The molecule has 1 aliphatic heterocycles. The highest BCUT2D eigenvalue weighted by molar-refractivity contribution is 5.96. The van der Waals surface area contributed by atoms with Crippen molar-refractivity contribution in [1.29, 1.82) is 0 Å². The summed E-state index contributed by atoms with van der Waals surface area (Å²) in [5, 5.41) is 0.915. The molecule has 0 aliphatic carbocycles. The molecule has 0 bridgehead atoms. The van der Waals surface area contributed by atoms with Crippen molar-refractivity contribution in [3.63, 3.8) is 0 Å². The molecule has 5 aromatic rings. The van der Waals surface area contributed by atoms with Gasteiger partial charge in [-0.05, 0) is 65.6 Å². The summed E-state index contributed by atoms with van der Waals surface area (Å²) in [6, 6.07) is 18.7. The Morgan fingerprint density at radius 3 is 2.56 bits per heavy atom. The number of rotatable bonds is 4. The summed E-state index contributed by atoms with van der Waals surface area (Å²) >= 11 is 0. The zero-order valence-corrected chi connectivity index (χ0v) is 18.4. The van der Waals surface area contributed by atoms with Crippen molar-refractivity contribution in [3.05, 3.63) is 90.6 Å². The Morgan fingerprint density at radius 2 is 1.76 bits per heavy atom. The Kier molecular flexibility index (Phi) is 4.87. The number of halogens is 1. The fraction of sp³-hybridized carbons (Fsp3) is 0.111. The maximum atomic E-state index is 13.5. The van der Waals surface area contributed by atoms with E-state index in [1.807, 2.05) is 18.2 Å². The largest absolute Gasteiger partial charge is 0.497 e. The van der Waals surface area contributed by atoms with Gasteiger partial charge >= 0.3 is 0 Å². The molecule has 0 spiro atoms. The Bertz CT molecular complexity index is 1510. The van der Waals surface area contributed by atoms with Crippen molar-refractivity contribution < 1.29 is 9.13 Å². The molecular weight excluding hydrogens is 429 g/mol. The molecule has 0 saturated carbocycles. The average Bonchev–Trinajstić information content (AvgIpc) is 3.31. The van der Waals surface area contributed by atoms with Gasteiger partial charge in [-0.3, -0.25) is 4.98 Å². The number of methoxy groups -OCH3 is 1. The lowest BCUT2D eigenvalue weighted by Crippen LogP contribution is -2.16. The van der Waals surface area contributed by atoms with Crippen LogP contribution in [0.15, 0.2) is 79.3 Å². The number of aromatic nitrogens is 4. The van der Waals surface area contributed by atoms with Crippen molar-refractivity contribution in [2.24, 2.45) is 0 Å². The number of anilines is 2. The van der Waals surface area contributed by atoms with E-state index >= 15 is 0 Å². The minimum atomic E-state index is -0.258. The average molecular weight is 449 g/mol. The second-order valence-electron chi connectivity index (χ2n) is 8.10. The third kappa shape index (κ3) is 3.51. The molecule has 7 heteroatoms. The zero-order valence-electron chi connectivity index (χ0n) is 18.4. The third-order valence-electron chi connectivity index (χ3n) is 6.08. The van der Waals surface area contributed by atoms with Gasteiger partial charge in [0.25, 0.3) is 0 Å². The smallest absolute Gasteiger partial charge is 0.182 e. The predicted molar refractivity (Wildman–Crippen MR) is 130 cm³/mol. The molecule has 6 nitrogen and oxygen atoms in total. The van der Waals surface area contributed by atoms with Gasteiger partial charge < -0.3 is 9.64 Å². The van der Waals surface area contributed by atoms with E-state index in [1.54, 1.807) is 37.8 Å². The molecule has 0 atom stereocenters. The Hall–Kier alpha value is -4.39. The molecule has 0 amide bonds. The summed E-state index contributed by atoms with van der Waals surface area (Å²) in [4.78, 5) is 20.6. The van der Waals surface area contributed by atoms with Crippen LogP contribution >= 0.6 is 0 Å². The molecule has 3 heterocycles. The van der Waals surface area contributed by atoms with Gasteiger partial charge in [0.2, 0.25) is 0 Å². The Labute approximate surface area is 195 Å². The summed E-state index contributed by atoms with van der Waals surface area (Å²) in [6.45, 7) is 0.787. The standard InChI is InChI=1S/C27H20FN5O/c1-34-21-7-9-25-19(14-21)10-13-33(25)27-22-15-18(17-2-5-20(28)6-3-17)4-8-23(22)31-26(32-27)24-16-29-11-12-30-24/h2-9,11-12,14-16H,10,13H2,1H3. The van der Waals surface area contributed by atoms with Crippen LogP contribution in [0.4, 0.5) is 15.9 Å². The van der Waals surface area contributed by atoms with Gasteiger partial charge in [-0.2, -0.15) is 0 Å². The van der Waals surface area contributed by atoms with Gasteiger partial charge in [0.05, 0.1) is 18.8 Å². The molecule has 0 unspecified atom stereocenters. The summed E-state index contributed by atoms with van der Waals surface area (Å²) in [5.74, 6) is 1.91. The SMILES string of the molecule is COc1ccc2c(c1)CCN2c1nc(-c2cnccn2)nc2ccc(-c3ccc(F)cc3)cc12. The van der Waals surface area contributed by atoms with Crippen molar-refractivity contribution >= 4 is 22.4 Å². The first-order chi connectivity index (χ1) is 16.7. The van der Waals surface area contributed by atoms with Crippen LogP contribution in [0.3, 0.4) is 0 Å². The minimum Gasteiger partial charge on any atom is -0.497 e. The second kappa shape index (κ2) is 8.19. The lowest BCUT2D eigenvalue weighted by atomic mass is 10.0. The van der Waals surface area contributed by atoms with Crippen molar-refractivity contribution in [3.8, 4) is 28.4 Å². The van der Waals surface area contributed by atoms with E-state index in [0.29, 0.717) is 11.5 Å². The highest BCUT2D eigenvalue weighted by atomic mass is 19.1. The van der Waals surface area contributed by atoms with Crippen LogP contribution in [-0.2, 0) is 6.42 Å². The van der Waals surface area contributed by atoms with Crippen LogP contribution < -0.4 is 9.64 Å². The van der Waals surface area contributed by atoms with Gasteiger partial charge in [0.15, 0.2) is 5.82 Å². The summed E-state index contributed by atoms with van der Waals surface area (Å²) in [5.41, 5.74) is 5.62. The van der Waals surface area contributed by atoms with Gasteiger partial charge in [-0.25, -0.2) is 19.3 Å². The lowest BCUT2D eigenvalue weighted by molar-refractivity contribution is 0.414. The third-order valence-corrected chi connectivity index (χ3v) is 6.08. The predicted octanol–water partition coefficient (Wildman–Crippen LogP) is 5.60. The van der Waals surface area contributed by atoms with E-state index in [0.717, 1.165) is 52.3 Å². The highest BCUT2D eigenvalue weighted by Gasteiger charge is 2.25. The van der Waals surface area contributed by atoms with Gasteiger partial charge in [-0.1, -0.05) is 18.2 Å². The van der Waals surface area contributed by atoms with Crippen molar-refractivity contribution in [2.75, 3.05) is 18.6 Å². The summed E-state index contributed by atoms with van der Waals surface area (Å²) in [6.07, 6.45) is 5.82. The fourth-order valence-electron chi connectivity index (χ4n) is 4.39. The number of fused-ring (bicyclic) bond motifs is 2. The number of benzene rings is 3. The fourth-order valence-corrected chi connectivity index (χ4v) is 4.39. The topological polar surface area (TPSA) is 64.0 Å². The molecule has 0 saturated heterocycles. The van der Waals surface area contributed by atoms with Crippen molar-refractivity contribution in [1.82, 2.24) is 19.9 Å². The van der Waals surface area contributed by atoms with Crippen LogP contribution in [0.1, 0.15) is 5.56 Å². The van der Waals surface area contributed by atoms with E-state index < -0.39 is 0 Å². The van der Waals surface area contributed by atoms with E-state index in [2.05, 4.69) is 33.1 Å². The molecule has 0 N–H and O–H groups in total. The Morgan fingerprint density at radius 1 is 0.912 bits per heavy atom. The van der Waals surface area contributed by atoms with E-state index in [9.17, 15) is 4.39 Å². The second-order valence-corrected chi connectivity index (χ2v) is 8.10. The van der Waals surface area contributed by atoms with Crippen LogP contribution in [0.5, 0.6) is 5.75 Å². The first-order valence-electron chi connectivity index (χ1n) is 11.0. The van der Waals surface area contributed by atoms with Gasteiger partial charge in [0.1, 0.15) is 23.1 Å². The maximum Gasteiger partial charge on any atom is 0.182 e. The maximum absolute atomic E-state index is 13.5. The molecule has 3 aromatic carbocycles. The molecule has 1 aliphatic rings. The van der Waals surface area contributed by atoms with E-state index in [4.69, 9.17) is 14.7 Å². The molecule has 2 aromatic heterocycles.